The lowest BCUT2D eigenvalue weighted by atomic mass is 10.0. The Labute approximate surface area is 128 Å². The van der Waals surface area contributed by atoms with E-state index in [9.17, 15) is 4.39 Å². The number of benzene rings is 2. The molecule has 20 heavy (non-hydrogen) atoms. The largest absolute Gasteiger partial charge is 0.378 e. The number of hydrogen-bond donors (Lipinski definition) is 1. The van der Waals surface area contributed by atoms with Gasteiger partial charge in [-0.05, 0) is 65.0 Å². The van der Waals surface area contributed by atoms with Gasteiger partial charge in [-0.3, -0.25) is 0 Å². The van der Waals surface area contributed by atoms with E-state index in [0.29, 0.717) is 4.47 Å². The Bertz CT molecular complexity index is 593. The maximum Gasteiger partial charge on any atom is 0.137 e. The first-order chi connectivity index (χ1) is 9.51. The fourth-order valence-electron chi connectivity index (χ4n) is 2.16. The first-order valence-corrected chi connectivity index (χ1v) is 7.61. The molecule has 106 valence electrons. The Morgan fingerprint density at radius 1 is 1.20 bits per heavy atom. The van der Waals surface area contributed by atoms with Gasteiger partial charge in [0.25, 0.3) is 0 Å². The second kappa shape index (κ2) is 6.40. The van der Waals surface area contributed by atoms with E-state index < -0.39 is 0 Å². The van der Waals surface area contributed by atoms with Crippen molar-refractivity contribution >= 4 is 21.6 Å². The monoisotopic (exact) mass is 335 g/mol. The summed E-state index contributed by atoms with van der Waals surface area (Å²) in [6, 6.07) is 12.1. The molecular formula is C17H19BrFN. The van der Waals surface area contributed by atoms with Gasteiger partial charge in [0.05, 0.1) is 4.47 Å². The molecule has 2 aromatic carbocycles. The Morgan fingerprint density at radius 3 is 2.45 bits per heavy atom. The third-order valence-corrected chi connectivity index (χ3v) is 4.13. The highest BCUT2D eigenvalue weighted by Crippen LogP contribution is 2.27. The normalized spacial score (nSPS) is 12.2. The highest BCUT2D eigenvalue weighted by atomic mass is 79.9. The quantitative estimate of drug-likeness (QED) is 0.763. The summed E-state index contributed by atoms with van der Waals surface area (Å²) in [6.07, 6.45) is 1.05. The third-order valence-electron chi connectivity index (χ3n) is 3.53. The molecule has 3 heteroatoms. The number of aryl methyl sites for hydroxylation is 2. The summed E-state index contributed by atoms with van der Waals surface area (Å²) in [6.45, 7) is 6.17. The molecule has 1 atom stereocenters. The molecule has 0 spiro atoms. The molecule has 0 heterocycles. The van der Waals surface area contributed by atoms with Crippen molar-refractivity contribution in [2.45, 2.75) is 33.2 Å². The highest BCUT2D eigenvalue weighted by Gasteiger charge is 2.09. The molecule has 0 aromatic heterocycles. The summed E-state index contributed by atoms with van der Waals surface area (Å²) >= 11 is 3.23. The van der Waals surface area contributed by atoms with E-state index in [1.807, 2.05) is 6.92 Å². The molecule has 0 aliphatic heterocycles. The molecule has 0 saturated carbocycles. The number of rotatable bonds is 4. The minimum absolute atomic E-state index is 0.178. The third kappa shape index (κ3) is 3.40. The van der Waals surface area contributed by atoms with Crippen LogP contribution >= 0.6 is 15.9 Å². The van der Waals surface area contributed by atoms with Crippen LogP contribution in [0.3, 0.4) is 0 Å². The van der Waals surface area contributed by atoms with Crippen molar-refractivity contribution in [1.29, 1.82) is 0 Å². The van der Waals surface area contributed by atoms with Gasteiger partial charge in [0.15, 0.2) is 0 Å². The first-order valence-electron chi connectivity index (χ1n) is 6.82. The van der Waals surface area contributed by atoms with Crippen LogP contribution in [0, 0.1) is 12.7 Å². The van der Waals surface area contributed by atoms with E-state index in [1.54, 1.807) is 12.1 Å². The van der Waals surface area contributed by atoms with Crippen LogP contribution in [0.2, 0.25) is 0 Å². The number of halogens is 2. The van der Waals surface area contributed by atoms with Crippen molar-refractivity contribution in [3.8, 4) is 0 Å². The zero-order valence-electron chi connectivity index (χ0n) is 12.0. The molecule has 0 amide bonds. The minimum Gasteiger partial charge on any atom is -0.378 e. The summed E-state index contributed by atoms with van der Waals surface area (Å²) in [5.41, 5.74) is 4.41. The fourth-order valence-corrected chi connectivity index (χ4v) is 2.50. The summed E-state index contributed by atoms with van der Waals surface area (Å²) in [4.78, 5) is 0. The van der Waals surface area contributed by atoms with E-state index in [1.165, 1.54) is 11.1 Å². The summed E-state index contributed by atoms with van der Waals surface area (Å²) in [5.74, 6) is -0.229. The van der Waals surface area contributed by atoms with Crippen LogP contribution in [-0.4, -0.2) is 0 Å². The van der Waals surface area contributed by atoms with Gasteiger partial charge in [-0.15, -0.1) is 0 Å². The second-order valence-corrected chi connectivity index (χ2v) is 5.90. The van der Waals surface area contributed by atoms with E-state index in [4.69, 9.17) is 0 Å². The molecule has 0 fully saturated rings. The Morgan fingerprint density at radius 2 is 1.85 bits per heavy atom. The summed E-state index contributed by atoms with van der Waals surface area (Å²) in [5, 5.41) is 3.44. The van der Waals surface area contributed by atoms with Crippen LogP contribution in [0.1, 0.15) is 36.6 Å². The maximum absolute atomic E-state index is 13.4. The molecule has 0 aliphatic rings. The predicted octanol–water partition coefficient (Wildman–Crippen LogP) is 5.63. The Balaban J connectivity index is 2.18. The fraction of sp³-hybridized carbons (Fsp3) is 0.294. The molecule has 1 unspecified atom stereocenters. The van der Waals surface area contributed by atoms with Crippen LogP contribution in [0.15, 0.2) is 40.9 Å². The lowest BCUT2D eigenvalue weighted by molar-refractivity contribution is 0.620. The summed E-state index contributed by atoms with van der Waals surface area (Å²) in [7, 11) is 0. The van der Waals surface area contributed by atoms with Crippen LogP contribution in [0.4, 0.5) is 10.1 Å². The van der Waals surface area contributed by atoms with Gasteiger partial charge in [0, 0.05) is 11.7 Å². The van der Waals surface area contributed by atoms with Gasteiger partial charge in [-0.25, -0.2) is 4.39 Å². The molecule has 0 aliphatic carbocycles. The van der Waals surface area contributed by atoms with Gasteiger partial charge in [0.1, 0.15) is 5.82 Å². The second-order valence-electron chi connectivity index (χ2n) is 5.04. The maximum atomic E-state index is 13.4. The Kier molecular flexibility index (Phi) is 4.81. The lowest BCUT2D eigenvalue weighted by Crippen LogP contribution is -2.08. The topological polar surface area (TPSA) is 12.0 Å². The smallest absolute Gasteiger partial charge is 0.137 e. The van der Waals surface area contributed by atoms with Crippen molar-refractivity contribution < 1.29 is 4.39 Å². The van der Waals surface area contributed by atoms with E-state index in [-0.39, 0.29) is 11.9 Å². The van der Waals surface area contributed by atoms with Crippen LogP contribution in [0.25, 0.3) is 0 Å². The molecular weight excluding hydrogens is 317 g/mol. The average molecular weight is 336 g/mol. The number of hydrogen-bond acceptors (Lipinski definition) is 1. The Hall–Kier alpha value is -1.35. The van der Waals surface area contributed by atoms with E-state index in [2.05, 4.69) is 59.4 Å². The SMILES string of the molecule is CCc1ccc(C(C)Nc2cc(Br)c(F)cc2C)cc1. The van der Waals surface area contributed by atoms with Crippen LogP contribution in [-0.2, 0) is 6.42 Å². The van der Waals surface area contributed by atoms with Crippen molar-refractivity contribution in [2.75, 3.05) is 5.32 Å². The zero-order valence-corrected chi connectivity index (χ0v) is 13.6. The number of nitrogens with one attached hydrogen (secondary N) is 1. The van der Waals surface area contributed by atoms with Crippen molar-refractivity contribution in [3.63, 3.8) is 0 Å². The molecule has 1 nitrogen and oxygen atoms in total. The molecule has 2 aromatic rings. The molecule has 2 rings (SSSR count). The predicted molar refractivity (Wildman–Crippen MR) is 86.7 cm³/mol. The average Bonchev–Trinajstić information content (AvgIpc) is 2.44. The van der Waals surface area contributed by atoms with Crippen molar-refractivity contribution in [2.24, 2.45) is 0 Å². The van der Waals surface area contributed by atoms with Gasteiger partial charge in [-0.2, -0.15) is 0 Å². The van der Waals surface area contributed by atoms with Crippen LogP contribution in [0.5, 0.6) is 0 Å². The highest BCUT2D eigenvalue weighted by molar-refractivity contribution is 9.10. The first kappa shape index (κ1) is 15.0. The lowest BCUT2D eigenvalue weighted by Gasteiger charge is -2.18. The van der Waals surface area contributed by atoms with Crippen molar-refractivity contribution in [1.82, 2.24) is 0 Å². The minimum atomic E-state index is -0.229. The van der Waals surface area contributed by atoms with Gasteiger partial charge in [0.2, 0.25) is 0 Å². The molecule has 0 saturated heterocycles. The van der Waals surface area contributed by atoms with Gasteiger partial charge < -0.3 is 5.32 Å². The number of anilines is 1. The molecule has 0 bridgehead atoms. The van der Waals surface area contributed by atoms with E-state index >= 15 is 0 Å². The zero-order chi connectivity index (χ0) is 14.7. The standard InChI is InChI=1S/C17H19BrFN/c1-4-13-5-7-14(8-6-13)12(3)20-17-10-15(18)16(19)9-11(17)2/h5-10,12,20H,4H2,1-3H3. The van der Waals surface area contributed by atoms with Crippen LogP contribution < -0.4 is 5.32 Å². The summed E-state index contributed by atoms with van der Waals surface area (Å²) < 4.78 is 13.9. The van der Waals surface area contributed by atoms with Gasteiger partial charge in [-0.1, -0.05) is 31.2 Å². The van der Waals surface area contributed by atoms with Gasteiger partial charge >= 0.3 is 0 Å². The van der Waals surface area contributed by atoms with E-state index in [0.717, 1.165) is 17.7 Å². The molecule has 0 radical (unpaired) electrons. The molecule has 1 N–H and O–H groups in total. The van der Waals surface area contributed by atoms with Crippen molar-refractivity contribution in [3.05, 3.63) is 63.4 Å².